The second-order valence-electron chi connectivity index (χ2n) is 6.33. The Morgan fingerprint density at radius 1 is 1.21 bits per heavy atom. The molecule has 1 aliphatic heterocycles. The van der Waals surface area contributed by atoms with Crippen molar-refractivity contribution < 1.29 is 14.0 Å². The van der Waals surface area contributed by atoms with Gasteiger partial charge in [0.2, 0.25) is 5.91 Å². The predicted octanol–water partition coefficient (Wildman–Crippen LogP) is 4.63. The molecule has 28 heavy (non-hydrogen) atoms. The fraction of sp³-hybridized carbons (Fsp3) is 0.100. The van der Waals surface area contributed by atoms with Crippen LogP contribution in [0.25, 0.3) is 21.2 Å². The number of hydrogen-bond acceptors (Lipinski definition) is 6. The zero-order chi connectivity index (χ0) is 19.3. The number of aliphatic imine (C=N–C) groups is 1. The van der Waals surface area contributed by atoms with E-state index < -0.39 is 5.91 Å². The minimum absolute atomic E-state index is 0.142. The highest BCUT2D eigenvalue weighted by atomic mass is 32.2. The Labute approximate surface area is 167 Å². The molecule has 0 saturated carbocycles. The van der Waals surface area contributed by atoms with Gasteiger partial charge in [-0.2, -0.15) is 4.99 Å². The molecule has 4 aromatic rings. The van der Waals surface area contributed by atoms with Gasteiger partial charge in [-0.3, -0.25) is 9.59 Å². The van der Waals surface area contributed by atoms with Crippen LogP contribution in [0.15, 0.2) is 57.9 Å². The summed E-state index contributed by atoms with van der Waals surface area (Å²) in [7, 11) is 0. The molecule has 0 aliphatic carbocycles. The SMILES string of the molecule is Cc1ccc2nc(N3C(=O)CSC3=NC(=O)c3cc4ccccc4o3)sc2c1. The molecular formula is C20H13N3O3S2. The molecule has 8 heteroatoms. The maximum atomic E-state index is 12.6. The van der Waals surface area contributed by atoms with E-state index in [2.05, 4.69) is 9.98 Å². The highest BCUT2D eigenvalue weighted by Crippen LogP contribution is 2.34. The first kappa shape index (κ1) is 17.2. The standard InChI is InChI=1S/C20H13N3O3S2/c1-11-6-7-13-16(8-11)28-20(21-13)23-17(24)10-27-19(23)22-18(25)15-9-12-4-2-3-5-14(12)26-15/h2-9H,10H2,1H3. The second-order valence-corrected chi connectivity index (χ2v) is 8.29. The zero-order valence-corrected chi connectivity index (χ0v) is 16.3. The van der Waals surface area contributed by atoms with Crippen LogP contribution in [0, 0.1) is 6.92 Å². The van der Waals surface area contributed by atoms with Crippen molar-refractivity contribution in [3.8, 4) is 0 Å². The highest BCUT2D eigenvalue weighted by molar-refractivity contribution is 8.15. The molecule has 2 aromatic heterocycles. The summed E-state index contributed by atoms with van der Waals surface area (Å²) in [5, 5.41) is 1.68. The summed E-state index contributed by atoms with van der Waals surface area (Å²) in [5.74, 6) is -0.290. The van der Waals surface area contributed by atoms with Crippen molar-refractivity contribution in [1.82, 2.24) is 4.98 Å². The smallest absolute Gasteiger partial charge is 0.315 e. The van der Waals surface area contributed by atoms with Crippen LogP contribution in [-0.4, -0.2) is 27.7 Å². The largest absolute Gasteiger partial charge is 0.451 e. The Morgan fingerprint density at radius 2 is 2.07 bits per heavy atom. The van der Waals surface area contributed by atoms with Crippen LogP contribution in [0.2, 0.25) is 0 Å². The fourth-order valence-electron chi connectivity index (χ4n) is 2.98. The van der Waals surface area contributed by atoms with E-state index in [-0.39, 0.29) is 17.4 Å². The number of aryl methyl sites for hydroxylation is 1. The van der Waals surface area contributed by atoms with Gasteiger partial charge < -0.3 is 4.42 Å². The summed E-state index contributed by atoms with van der Waals surface area (Å²) in [6.07, 6.45) is 0. The molecule has 0 bridgehead atoms. The van der Waals surface area contributed by atoms with Gasteiger partial charge in [0.15, 0.2) is 16.1 Å². The maximum Gasteiger partial charge on any atom is 0.315 e. The number of para-hydroxylation sites is 1. The third-order valence-electron chi connectivity index (χ3n) is 4.32. The number of furan rings is 1. The van der Waals surface area contributed by atoms with Crippen molar-refractivity contribution in [2.45, 2.75) is 6.92 Å². The van der Waals surface area contributed by atoms with E-state index in [0.717, 1.165) is 21.2 Å². The first-order valence-corrected chi connectivity index (χ1v) is 10.3. The van der Waals surface area contributed by atoms with Crippen LogP contribution in [-0.2, 0) is 4.79 Å². The molecule has 1 saturated heterocycles. The molecule has 1 aliphatic rings. The van der Waals surface area contributed by atoms with E-state index in [1.807, 2.05) is 43.3 Å². The number of thiazole rings is 1. The predicted molar refractivity (Wildman–Crippen MR) is 112 cm³/mol. The first-order chi connectivity index (χ1) is 13.6. The van der Waals surface area contributed by atoms with Crippen molar-refractivity contribution in [3.63, 3.8) is 0 Å². The molecule has 2 aromatic carbocycles. The lowest BCUT2D eigenvalue weighted by Crippen LogP contribution is -2.29. The van der Waals surface area contributed by atoms with E-state index in [1.54, 1.807) is 12.1 Å². The van der Waals surface area contributed by atoms with Gasteiger partial charge in [-0.15, -0.1) is 0 Å². The molecular weight excluding hydrogens is 394 g/mol. The van der Waals surface area contributed by atoms with Crippen molar-refractivity contribution in [2.24, 2.45) is 4.99 Å². The fourth-order valence-corrected chi connectivity index (χ4v) is 4.97. The number of rotatable bonds is 2. The number of amidine groups is 1. The van der Waals surface area contributed by atoms with Crippen molar-refractivity contribution in [1.29, 1.82) is 0 Å². The quantitative estimate of drug-likeness (QED) is 0.484. The molecule has 0 atom stereocenters. The number of carbonyl (C=O) groups is 2. The van der Waals surface area contributed by atoms with Crippen LogP contribution < -0.4 is 4.90 Å². The lowest BCUT2D eigenvalue weighted by Gasteiger charge is -2.11. The van der Waals surface area contributed by atoms with E-state index in [1.165, 1.54) is 28.0 Å². The molecule has 0 spiro atoms. The molecule has 6 nitrogen and oxygen atoms in total. The summed E-state index contributed by atoms with van der Waals surface area (Å²) in [6, 6.07) is 15.0. The van der Waals surface area contributed by atoms with Gasteiger partial charge in [0.05, 0.1) is 16.0 Å². The number of nitrogens with zero attached hydrogens (tertiary/aromatic N) is 3. The highest BCUT2D eigenvalue weighted by Gasteiger charge is 2.33. The monoisotopic (exact) mass is 407 g/mol. The third kappa shape index (κ3) is 2.90. The van der Waals surface area contributed by atoms with Gasteiger partial charge in [-0.1, -0.05) is 47.4 Å². The molecule has 0 radical (unpaired) electrons. The number of amides is 2. The number of carbonyl (C=O) groups excluding carboxylic acids is 2. The summed E-state index contributed by atoms with van der Waals surface area (Å²) < 4.78 is 6.58. The van der Waals surface area contributed by atoms with Gasteiger partial charge >= 0.3 is 5.91 Å². The summed E-state index contributed by atoms with van der Waals surface area (Å²) in [4.78, 5) is 35.2. The van der Waals surface area contributed by atoms with E-state index >= 15 is 0 Å². The van der Waals surface area contributed by atoms with Gasteiger partial charge in [0.25, 0.3) is 0 Å². The van der Waals surface area contributed by atoms with Crippen LogP contribution in [0.5, 0.6) is 0 Å². The lowest BCUT2D eigenvalue weighted by molar-refractivity contribution is -0.115. The van der Waals surface area contributed by atoms with Gasteiger partial charge in [0.1, 0.15) is 5.58 Å². The third-order valence-corrected chi connectivity index (χ3v) is 6.25. The average Bonchev–Trinajstić information content (AvgIpc) is 3.37. The molecule has 138 valence electrons. The Hall–Kier alpha value is -2.97. The Kier molecular flexibility index (Phi) is 4.03. The molecule has 5 rings (SSSR count). The maximum absolute atomic E-state index is 12.6. The number of hydrogen-bond donors (Lipinski definition) is 0. The average molecular weight is 407 g/mol. The van der Waals surface area contributed by atoms with Crippen molar-refractivity contribution in [2.75, 3.05) is 10.7 Å². The summed E-state index contributed by atoms with van der Waals surface area (Å²) in [5.41, 5.74) is 2.57. The summed E-state index contributed by atoms with van der Waals surface area (Å²) >= 11 is 2.63. The van der Waals surface area contributed by atoms with Gasteiger partial charge in [0, 0.05) is 5.39 Å². The Morgan fingerprint density at radius 3 is 2.93 bits per heavy atom. The first-order valence-electron chi connectivity index (χ1n) is 8.53. The second kappa shape index (κ2) is 6.57. The Balaban J connectivity index is 1.52. The summed E-state index contributed by atoms with van der Waals surface area (Å²) in [6.45, 7) is 2.01. The topological polar surface area (TPSA) is 75.8 Å². The number of fused-ring (bicyclic) bond motifs is 2. The van der Waals surface area contributed by atoms with Crippen molar-refractivity contribution >= 4 is 66.4 Å². The van der Waals surface area contributed by atoms with Crippen molar-refractivity contribution in [3.05, 3.63) is 59.9 Å². The number of benzene rings is 2. The van der Waals surface area contributed by atoms with Crippen LogP contribution >= 0.6 is 23.1 Å². The number of anilines is 1. The zero-order valence-electron chi connectivity index (χ0n) is 14.7. The van der Waals surface area contributed by atoms with Gasteiger partial charge in [-0.25, -0.2) is 9.88 Å². The van der Waals surface area contributed by atoms with Crippen LogP contribution in [0.1, 0.15) is 16.1 Å². The molecule has 3 heterocycles. The minimum atomic E-state index is -0.518. The van der Waals surface area contributed by atoms with E-state index in [9.17, 15) is 9.59 Å². The molecule has 0 unspecified atom stereocenters. The molecule has 0 N–H and O–H groups in total. The molecule has 2 amide bonds. The van der Waals surface area contributed by atoms with Crippen LogP contribution in [0.4, 0.5) is 5.13 Å². The molecule has 1 fully saturated rings. The normalized spacial score (nSPS) is 16.0. The number of aromatic nitrogens is 1. The lowest BCUT2D eigenvalue weighted by atomic mass is 10.2. The van der Waals surface area contributed by atoms with Crippen LogP contribution in [0.3, 0.4) is 0 Å². The van der Waals surface area contributed by atoms with Gasteiger partial charge in [-0.05, 0) is 36.8 Å². The van der Waals surface area contributed by atoms with E-state index in [0.29, 0.717) is 15.9 Å². The Bertz CT molecular complexity index is 1260. The number of thioether (sulfide) groups is 1. The minimum Gasteiger partial charge on any atom is -0.451 e. The van der Waals surface area contributed by atoms with E-state index in [4.69, 9.17) is 4.42 Å².